The van der Waals surface area contributed by atoms with Crippen LogP contribution in [0.4, 0.5) is 4.39 Å². The SMILES string of the molecule is CNC(=O)C1(C(=O)N2CCCC(Oc3ncccc3F)C2)CC1. The number of pyridine rings is 1. The molecule has 7 heteroatoms. The van der Waals surface area contributed by atoms with Gasteiger partial charge in [0.2, 0.25) is 11.8 Å². The van der Waals surface area contributed by atoms with Crippen LogP contribution in [0.15, 0.2) is 18.3 Å². The van der Waals surface area contributed by atoms with Gasteiger partial charge in [-0.15, -0.1) is 0 Å². The fourth-order valence-corrected chi connectivity index (χ4v) is 3.04. The molecule has 1 atom stereocenters. The van der Waals surface area contributed by atoms with E-state index in [4.69, 9.17) is 4.74 Å². The molecule has 1 aromatic heterocycles. The van der Waals surface area contributed by atoms with Gasteiger partial charge in [0.1, 0.15) is 11.5 Å². The molecule has 3 rings (SSSR count). The van der Waals surface area contributed by atoms with Gasteiger partial charge in [0.15, 0.2) is 5.82 Å². The second-order valence-corrected chi connectivity index (χ2v) is 6.08. The van der Waals surface area contributed by atoms with Crippen LogP contribution < -0.4 is 10.1 Å². The highest BCUT2D eigenvalue weighted by atomic mass is 19.1. The summed E-state index contributed by atoms with van der Waals surface area (Å²) < 4.78 is 19.2. The number of halogens is 1. The number of nitrogens with zero attached hydrogens (tertiary/aromatic N) is 2. The van der Waals surface area contributed by atoms with Gasteiger partial charge in [-0.2, -0.15) is 0 Å². The molecule has 23 heavy (non-hydrogen) atoms. The van der Waals surface area contributed by atoms with Crippen molar-refractivity contribution in [2.24, 2.45) is 5.41 Å². The number of aromatic nitrogens is 1. The summed E-state index contributed by atoms with van der Waals surface area (Å²) in [6.07, 6.45) is 3.82. The van der Waals surface area contributed by atoms with Gasteiger partial charge in [-0.25, -0.2) is 9.37 Å². The first-order valence-electron chi connectivity index (χ1n) is 7.85. The number of likely N-dealkylation sites (tertiary alicyclic amines) is 1. The summed E-state index contributed by atoms with van der Waals surface area (Å²) in [5.41, 5.74) is -0.896. The van der Waals surface area contributed by atoms with Crippen molar-refractivity contribution in [1.82, 2.24) is 15.2 Å². The van der Waals surface area contributed by atoms with E-state index in [1.807, 2.05) is 0 Å². The second-order valence-electron chi connectivity index (χ2n) is 6.08. The summed E-state index contributed by atoms with van der Waals surface area (Å²) in [6.45, 7) is 0.954. The minimum Gasteiger partial charge on any atom is -0.470 e. The van der Waals surface area contributed by atoms with Gasteiger partial charge in [0.25, 0.3) is 5.88 Å². The number of hydrogen-bond donors (Lipinski definition) is 1. The van der Waals surface area contributed by atoms with E-state index in [0.717, 1.165) is 12.8 Å². The zero-order chi connectivity index (χ0) is 16.4. The zero-order valence-corrected chi connectivity index (χ0v) is 13.0. The topological polar surface area (TPSA) is 71.5 Å². The fraction of sp³-hybridized carbons (Fsp3) is 0.562. The molecule has 1 aliphatic carbocycles. The lowest BCUT2D eigenvalue weighted by molar-refractivity contribution is -0.146. The quantitative estimate of drug-likeness (QED) is 0.844. The third kappa shape index (κ3) is 3.00. The van der Waals surface area contributed by atoms with Crippen LogP contribution in [0.3, 0.4) is 0 Å². The highest BCUT2D eigenvalue weighted by molar-refractivity contribution is 6.07. The molecule has 1 saturated carbocycles. The molecule has 1 aromatic rings. The summed E-state index contributed by atoms with van der Waals surface area (Å²) in [6, 6.07) is 2.79. The van der Waals surface area contributed by atoms with Crippen LogP contribution in [0.25, 0.3) is 0 Å². The summed E-state index contributed by atoms with van der Waals surface area (Å²) >= 11 is 0. The van der Waals surface area contributed by atoms with Crippen molar-refractivity contribution >= 4 is 11.8 Å². The van der Waals surface area contributed by atoms with Gasteiger partial charge in [-0.1, -0.05) is 0 Å². The van der Waals surface area contributed by atoms with Crippen molar-refractivity contribution in [3.63, 3.8) is 0 Å². The number of ether oxygens (including phenoxy) is 1. The Kier molecular flexibility index (Phi) is 4.19. The molecule has 2 fully saturated rings. The molecule has 2 heterocycles. The summed E-state index contributed by atoms with van der Waals surface area (Å²) in [5, 5.41) is 2.57. The Bertz CT molecular complexity index is 618. The Labute approximate surface area is 134 Å². The van der Waals surface area contributed by atoms with E-state index >= 15 is 0 Å². The van der Waals surface area contributed by atoms with Crippen LogP contribution in [-0.4, -0.2) is 47.9 Å². The van der Waals surface area contributed by atoms with Gasteiger partial charge < -0.3 is 15.0 Å². The van der Waals surface area contributed by atoms with Crippen molar-refractivity contribution in [3.05, 3.63) is 24.1 Å². The van der Waals surface area contributed by atoms with Crippen molar-refractivity contribution in [2.75, 3.05) is 20.1 Å². The fourth-order valence-electron chi connectivity index (χ4n) is 3.04. The second kappa shape index (κ2) is 6.14. The molecule has 0 radical (unpaired) electrons. The van der Waals surface area contributed by atoms with E-state index in [2.05, 4.69) is 10.3 Å². The van der Waals surface area contributed by atoms with E-state index in [0.29, 0.717) is 25.9 Å². The Morgan fingerprint density at radius 1 is 1.48 bits per heavy atom. The predicted octanol–water partition coefficient (Wildman–Crippen LogP) is 1.12. The molecular weight excluding hydrogens is 301 g/mol. The largest absolute Gasteiger partial charge is 0.470 e. The number of amides is 2. The number of carbonyl (C=O) groups is 2. The van der Waals surface area contributed by atoms with E-state index in [9.17, 15) is 14.0 Å². The molecule has 2 aliphatic rings. The molecule has 1 aliphatic heterocycles. The van der Waals surface area contributed by atoms with Crippen LogP contribution >= 0.6 is 0 Å². The maximum atomic E-state index is 13.6. The highest BCUT2D eigenvalue weighted by Gasteiger charge is 2.58. The van der Waals surface area contributed by atoms with E-state index in [1.165, 1.54) is 18.3 Å². The van der Waals surface area contributed by atoms with Gasteiger partial charge in [0.05, 0.1) is 6.54 Å². The molecular formula is C16H20FN3O3. The summed E-state index contributed by atoms with van der Waals surface area (Å²) in [4.78, 5) is 30.2. The minimum atomic E-state index is -0.896. The normalized spacial score (nSPS) is 22.3. The van der Waals surface area contributed by atoms with E-state index in [1.54, 1.807) is 11.9 Å². The summed E-state index contributed by atoms with van der Waals surface area (Å²) in [5.74, 6) is -0.924. The third-order valence-corrected chi connectivity index (χ3v) is 4.49. The van der Waals surface area contributed by atoms with Gasteiger partial charge in [-0.3, -0.25) is 9.59 Å². The number of carbonyl (C=O) groups excluding carboxylic acids is 2. The molecule has 1 saturated heterocycles. The van der Waals surface area contributed by atoms with Crippen molar-refractivity contribution in [3.8, 4) is 5.88 Å². The maximum Gasteiger partial charge on any atom is 0.250 e. The predicted molar refractivity (Wildman–Crippen MR) is 80.2 cm³/mol. The van der Waals surface area contributed by atoms with E-state index in [-0.39, 0.29) is 23.8 Å². The average molecular weight is 321 g/mol. The first kappa shape index (κ1) is 15.7. The standard InChI is InChI=1S/C16H20FN3O3/c1-18-14(21)16(6-7-16)15(22)20-9-3-4-11(10-20)23-13-12(17)5-2-8-19-13/h2,5,8,11H,3-4,6-7,9-10H2,1H3,(H,18,21). The van der Waals surface area contributed by atoms with Gasteiger partial charge >= 0.3 is 0 Å². The average Bonchev–Trinajstić information content (AvgIpc) is 3.38. The van der Waals surface area contributed by atoms with Gasteiger partial charge in [0, 0.05) is 19.8 Å². The number of hydrogen-bond acceptors (Lipinski definition) is 4. The Morgan fingerprint density at radius 2 is 2.26 bits per heavy atom. The monoisotopic (exact) mass is 321 g/mol. The molecule has 0 bridgehead atoms. The number of piperidine rings is 1. The number of rotatable bonds is 4. The third-order valence-electron chi connectivity index (χ3n) is 4.49. The van der Waals surface area contributed by atoms with Crippen LogP contribution in [0.5, 0.6) is 5.88 Å². The first-order chi connectivity index (χ1) is 11.1. The minimum absolute atomic E-state index is 0.0424. The van der Waals surface area contributed by atoms with Crippen LogP contribution in [-0.2, 0) is 9.59 Å². The highest BCUT2D eigenvalue weighted by Crippen LogP contribution is 2.47. The smallest absolute Gasteiger partial charge is 0.250 e. The molecule has 124 valence electrons. The number of nitrogens with one attached hydrogen (secondary N) is 1. The van der Waals surface area contributed by atoms with Crippen LogP contribution in [0, 0.1) is 11.2 Å². The molecule has 2 amide bonds. The lowest BCUT2D eigenvalue weighted by atomic mass is 10.0. The Balaban J connectivity index is 1.66. The molecule has 6 nitrogen and oxygen atoms in total. The van der Waals surface area contributed by atoms with Crippen LogP contribution in [0.2, 0.25) is 0 Å². The zero-order valence-electron chi connectivity index (χ0n) is 13.0. The molecule has 1 N–H and O–H groups in total. The van der Waals surface area contributed by atoms with Crippen molar-refractivity contribution in [1.29, 1.82) is 0 Å². The Morgan fingerprint density at radius 3 is 2.91 bits per heavy atom. The lowest BCUT2D eigenvalue weighted by Crippen LogP contribution is -2.50. The van der Waals surface area contributed by atoms with Crippen LogP contribution in [0.1, 0.15) is 25.7 Å². The van der Waals surface area contributed by atoms with Crippen molar-refractivity contribution in [2.45, 2.75) is 31.8 Å². The molecule has 0 spiro atoms. The first-order valence-corrected chi connectivity index (χ1v) is 7.85. The van der Waals surface area contributed by atoms with Gasteiger partial charge in [-0.05, 0) is 37.8 Å². The van der Waals surface area contributed by atoms with E-state index < -0.39 is 11.2 Å². The lowest BCUT2D eigenvalue weighted by Gasteiger charge is -2.34. The van der Waals surface area contributed by atoms with Crippen molar-refractivity contribution < 1.29 is 18.7 Å². The molecule has 1 unspecified atom stereocenters. The summed E-state index contributed by atoms with van der Waals surface area (Å²) in [7, 11) is 1.54. The maximum absolute atomic E-state index is 13.6. The molecule has 0 aromatic carbocycles. The Hall–Kier alpha value is -2.18.